The topological polar surface area (TPSA) is 98.1 Å². The van der Waals surface area contributed by atoms with Gasteiger partial charge in [0.25, 0.3) is 11.8 Å². The Bertz CT molecular complexity index is 890. The van der Waals surface area contributed by atoms with Gasteiger partial charge in [-0.25, -0.2) is 9.67 Å². The number of nitrogens with one attached hydrogen (secondary N) is 2. The number of rotatable bonds is 7. The third kappa shape index (κ3) is 4.91. The van der Waals surface area contributed by atoms with Gasteiger partial charge >= 0.3 is 0 Å². The van der Waals surface area contributed by atoms with E-state index in [9.17, 15) is 9.59 Å². The van der Waals surface area contributed by atoms with E-state index in [-0.39, 0.29) is 18.4 Å². The van der Waals surface area contributed by atoms with Crippen molar-refractivity contribution < 1.29 is 14.3 Å². The number of likely N-dealkylation sites (N-methyl/N-ethyl adjacent to an activating group) is 1. The molecule has 0 saturated heterocycles. The summed E-state index contributed by atoms with van der Waals surface area (Å²) in [6, 6.07) is 13.9. The Morgan fingerprint density at radius 2 is 1.81 bits per heavy atom. The first-order valence-corrected chi connectivity index (χ1v) is 8.41. The number of nitrogens with zero attached hydrogens (tertiary/aromatic N) is 3. The van der Waals surface area contributed by atoms with Crippen LogP contribution in [-0.2, 0) is 4.79 Å². The molecular weight excluding hydrogens is 346 g/mol. The lowest BCUT2D eigenvalue weighted by Gasteiger charge is -2.09. The maximum Gasteiger partial charge on any atom is 0.257 e. The number of aromatic nitrogens is 3. The zero-order chi connectivity index (χ0) is 19.1. The van der Waals surface area contributed by atoms with Crippen molar-refractivity contribution >= 4 is 17.5 Å². The molecule has 0 aliphatic heterocycles. The van der Waals surface area contributed by atoms with Gasteiger partial charge in [-0.2, -0.15) is 5.10 Å². The normalized spacial score (nSPS) is 10.3. The van der Waals surface area contributed by atoms with Gasteiger partial charge in [0.1, 0.15) is 18.4 Å². The standard InChI is InChI=1S/C19H19N5O3/c1-2-21-18(25)11-27-17-9-5-15(6-10-17)23-19(26)14-3-7-16(8-4-14)24-13-20-12-22-24/h3-10,12-13H,2,11H2,1H3,(H,21,25)(H,23,26). The molecule has 2 aromatic carbocycles. The van der Waals surface area contributed by atoms with E-state index in [1.54, 1.807) is 59.5 Å². The fourth-order valence-corrected chi connectivity index (χ4v) is 2.34. The molecule has 0 spiro atoms. The van der Waals surface area contributed by atoms with E-state index in [0.717, 1.165) is 5.69 Å². The molecule has 3 rings (SSSR count). The summed E-state index contributed by atoms with van der Waals surface area (Å²) in [7, 11) is 0. The van der Waals surface area contributed by atoms with Gasteiger partial charge in [-0.15, -0.1) is 0 Å². The zero-order valence-corrected chi connectivity index (χ0v) is 14.8. The molecule has 0 aliphatic rings. The van der Waals surface area contributed by atoms with E-state index >= 15 is 0 Å². The molecule has 2 N–H and O–H groups in total. The van der Waals surface area contributed by atoms with E-state index in [1.807, 2.05) is 6.92 Å². The highest BCUT2D eigenvalue weighted by Gasteiger charge is 2.07. The van der Waals surface area contributed by atoms with E-state index in [2.05, 4.69) is 20.7 Å². The fraction of sp³-hybridized carbons (Fsp3) is 0.158. The average molecular weight is 365 g/mol. The van der Waals surface area contributed by atoms with Crippen LogP contribution < -0.4 is 15.4 Å². The van der Waals surface area contributed by atoms with Crippen LogP contribution in [0.5, 0.6) is 5.75 Å². The predicted octanol–water partition coefficient (Wildman–Crippen LogP) is 2.03. The van der Waals surface area contributed by atoms with Crippen molar-refractivity contribution in [1.82, 2.24) is 20.1 Å². The summed E-state index contributed by atoms with van der Waals surface area (Å²) in [4.78, 5) is 27.6. The van der Waals surface area contributed by atoms with Gasteiger partial charge in [0.05, 0.1) is 5.69 Å². The Hall–Kier alpha value is -3.68. The fourth-order valence-electron chi connectivity index (χ4n) is 2.34. The van der Waals surface area contributed by atoms with Gasteiger partial charge in [-0.3, -0.25) is 9.59 Å². The van der Waals surface area contributed by atoms with Crippen molar-refractivity contribution in [3.05, 3.63) is 66.7 Å². The Morgan fingerprint density at radius 3 is 2.44 bits per heavy atom. The minimum atomic E-state index is -0.226. The molecular formula is C19H19N5O3. The molecule has 8 nitrogen and oxygen atoms in total. The number of ether oxygens (including phenoxy) is 1. The van der Waals surface area contributed by atoms with Crippen LogP contribution in [0.15, 0.2) is 61.2 Å². The summed E-state index contributed by atoms with van der Waals surface area (Å²) < 4.78 is 6.99. The van der Waals surface area contributed by atoms with Crippen molar-refractivity contribution in [2.24, 2.45) is 0 Å². The number of benzene rings is 2. The maximum atomic E-state index is 12.4. The summed E-state index contributed by atoms with van der Waals surface area (Å²) in [6.07, 6.45) is 3.04. The van der Waals surface area contributed by atoms with Gasteiger partial charge in [0.2, 0.25) is 0 Å². The van der Waals surface area contributed by atoms with Crippen molar-refractivity contribution in [3.8, 4) is 11.4 Å². The SMILES string of the molecule is CCNC(=O)COc1ccc(NC(=O)c2ccc(-n3cncn3)cc2)cc1. The number of anilines is 1. The lowest BCUT2D eigenvalue weighted by Crippen LogP contribution is -2.28. The lowest BCUT2D eigenvalue weighted by molar-refractivity contribution is -0.122. The highest BCUT2D eigenvalue weighted by Crippen LogP contribution is 2.17. The van der Waals surface area contributed by atoms with Gasteiger partial charge in [0, 0.05) is 17.8 Å². The van der Waals surface area contributed by atoms with Crippen molar-refractivity contribution in [2.75, 3.05) is 18.5 Å². The molecule has 0 bridgehead atoms. The molecule has 0 radical (unpaired) electrons. The van der Waals surface area contributed by atoms with Crippen LogP contribution in [0.2, 0.25) is 0 Å². The monoisotopic (exact) mass is 365 g/mol. The molecule has 0 saturated carbocycles. The molecule has 138 valence electrons. The molecule has 8 heteroatoms. The second kappa shape index (κ2) is 8.61. The number of hydrogen-bond donors (Lipinski definition) is 2. The van der Waals surface area contributed by atoms with Crippen LogP contribution >= 0.6 is 0 Å². The smallest absolute Gasteiger partial charge is 0.257 e. The Kier molecular flexibility index (Phi) is 5.78. The van der Waals surface area contributed by atoms with Crippen LogP contribution in [-0.4, -0.2) is 39.7 Å². The number of hydrogen-bond acceptors (Lipinski definition) is 5. The molecule has 1 heterocycles. The summed E-state index contributed by atoms with van der Waals surface area (Å²) in [5.74, 6) is 0.150. The van der Waals surface area contributed by atoms with Crippen LogP contribution in [0.1, 0.15) is 17.3 Å². The summed E-state index contributed by atoms with van der Waals surface area (Å²) in [5, 5.41) is 9.51. The van der Waals surface area contributed by atoms with E-state index in [1.165, 1.54) is 6.33 Å². The Labute approximate surface area is 156 Å². The van der Waals surface area contributed by atoms with E-state index in [0.29, 0.717) is 23.5 Å². The molecule has 3 aromatic rings. The third-order valence-corrected chi connectivity index (χ3v) is 3.67. The Balaban J connectivity index is 1.56. The molecule has 27 heavy (non-hydrogen) atoms. The first-order valence-electron chi connectivity index (χ1n) is 8.41. The zero-order valence-electron chi connectivity index (χ0n) is 14.8. The van der Waals surface area contributed by atoms with Gasteiger partial charge < -0.3 is 15.4 Å². The number of carbonyl (C=O) groups excluding carboxylic acids is 2. The minimum absolute atomic E-state index is 0.0440. The highest BCUT2D eigenvalue weighted by atomic mass is 16.5. The third-order valence-electron chi connectivity index (χ3n) is 3.67. The molecule has 0 atom stereocenters. The van der Waals surface area contributed by atoms with Crippen molar-refractivity contribution in [3.63, 3.8) is 0 Å². The van der Waals surface area contributed by atoms with E-state index in [4.69, 9.17) is 4.74 Å². The molecule has 0 unspecified atom stereocenters. The van der Waals surface area contributed by atoms with Crippen LogP contribution in [0.25, 0.3) is 5.69 Å². The van der Waals surface area contributed by atoms with E-state index < -0.39 is 0 Å². The minimum Gasteiger partial charge on any atom is -0.484 e. The summed E-state index contributed by atoms with van der Waals surface area (Å²) >= 11 is 0. The Morgan fingerprint density at radius 1 is 1.07 bits per heavy atom. The first-order chi connectivity index (χ1) is 13.2. The predicted molar refractivity (Wildman–Crippen MR) is 99.9 cm³/mol. The van der Waals surface area contributed by atoms with Crippen LogP contribution in [0.4, 0.5) is 5.69 Å². The van der Waals surface area contributed by atoms with Gasteiger partial charge in [0.15, 0.2) is 6.61 Å². The largest absolute Gasteiger partial charge is 0.484 e. The second-order valence-electron chi connectivity index (χ2n) is 5.61. The molecule has 0 fully saturated rings. The van der Waals surface area contributed by atoms with Crippen LogP contribution in [0, 0.1) is 0 Å². The number of carbonyl (C=O) groups is 2. The highest BCUT2D eigenvalue weighted by molar-refractivity contribution is 6.04. The quantitative estimate of drug-likeness (QED) is 0.668. The van der Waals surface area contributed by atoms with Crippen molar-refractivity contribution in [2.45, 2.75) is 6.92 Å². The molecule has 0 aliphatic carbocycles. The lowest BCUT2D eigenvalue weighted by atomic mass is 10.2. The molecule has 2 amide bonds. The van der Waals surface area contributed by atoms with Crippen molar-refractivity contribution in [1.29, 1.82) is 0 Å². The van der Waals surface area contributed by atoms with Crippen LogP contribution in [0.3, 0.4) is 0 Å². The molecule has 1 aromatic heterocycles. The first kappa shape index (κ1) is 18.1. The summed E-state index contributed by atoms with van der Waals surface area (Å²) in [5.41, 5.74) is 1.97. The summed E-state index contributed by atoms with van der Waals surface area (Å²) in [6.45, 7) is 2.36. The maximum absolute atomic E-state index is 12.4. The van der Waals surface area contributed by atoms with Gasteiger partial charge in [-0.1, -0.05) is 0 Å². The second-order valence-corrected chi connectivity index (χ2v) is 5.61. The average Bonchev–Trinajstić information content (AvgIpc) is 3.23. The van der Waals surface area contributed by atoms with Gasteiger partial charge in [-0.05, 0) is 55.5 Å². The number of amides is 2.